The van der Waals surface area contributed by atoms with Gasteiger partial charge in [0.15, 0.2) is 6.10 Å². The quantitative estimate of drug-likeness (QED) is 0.752. The number of carbonyl (C=O) groups is 1. The molecule has 23 heavy (non-hydrogen) atoms. The SMILES string of the molecule is CCOc1cccc(NC(=O)C(C)Oc2ccc(Cl)cc2Br)c1. The number of anilines is 1. The summed E-state index contributed by atoms with van der Waals surface area (Å²) in [5.41, 5.74) is 0.659. The lowest BCUT2D eigenvalue weighted by atomic mass is 10.2. The van der Waals surface area contributed by atoms with Crippen molar-refractivity contribution < 1.29 is 14.3 Å². The van der Waals surface area contributed by atoms with Gasteiger partial charge in [0.2, 0.25) is 0 Å². The zero-order valence-electron chi connectivity index (χ0n) is 12.8. The van der Waals surface area contributed by atoms with Gasteiger partial charge in [0, 0.05) is 16.8 Å². The smallest absolute Gasteiger partial charge is 0.265 e. The molecular weight excluding hydrogens is 382 g/mol. The van der Waals surface area contributed by atoms with Gasteiger partial charge in [0.1, 0.15) is 11.5 Å². The molecule has 0 saturated heterocycles. The number of ether oxygens (including phenoxy) is 2. The first-order valence-corrected chi connectivity index (χ1v) is 8.32. The highest BCUT2D eigenvalue weighted by Gasteiger charge is 2.16. The van der Waals surface area contributed by atoms with Crippen molar-refractivity contribution in [3.63, 3.8) is 0 Å². The van der Waals surface area contributed by atoms with Crippen LogP contribution in [0.1, 0.15) is 13.8 Å². The maximum Gasteiger partial charge on any atom is 0.265 e. The molecule has 0 aromatic heterocycles. The van der Waals surface area contributed by atoms with Gasteiger partial charge in [-0.25, -0.2) is 0 Å². The number of benzene rings is 2. The van der Waals surface area contributed by atoms with Crippen molar-refractivity contribution in [2.75, 3.05) is 11.9 Å². The van der Waals surface area contributed by atoms with E-state index < -0.39 is 6.10 Å². The molecule has 0 bridgehead atoms. The molecule has 0 aliphatic carbocycles. The van der Waals surface area contributed by atoms with E-state index in [1.54, 1.807) is 37.3 Å². The zero-order chi connectivity index (χ0) is 16.8. The molecule has 0 spiro atoms. The Labute approximate surface area is 148 Å². The molecule has 1 amide bonds. The summed E-state index contributed by atoms with van der Waals surface area (Å²) in [4.78, 5) is 12.2. The van der Waals surface area contributed by atoms with Crippen molar-refractivity contribution in [2.45, 2.75) is 20.0 Å². The number of nitrogens with one attached hydrogen (secondary N) is 1. The lowest BCUT2D eigenvalue weighted by molar-refractivity contribution is -0.122. The van der Waals surface area contributed by atoms with Crippen molar-refractivity contribution in [2.24, 2.45) is 0 Å². The first kappa shape index (κ1) is 17.6. The normalized spacial score (nSPS) is 11.7. The number of halogens is 2. The Morgan fingerprint density at radius 1 is 1.30 bits per heavy atom. The van der Waals surface area contributed by atoms with Gasteiger partial charge in [-0.15, -0.1) is 0 Å². The van der Waals surface area contributed by atoms with Crippen LogP contribution >= 0.6 is 27.5 Å². The van der Waals surface area contributed by atoms with E-state index in [9.17, 15) is 4.79 Å². The molecule has 0 aliphatic heterocycles. The van der Waals surface area contributed by atoms with Crippen LogP contribution in [0.2, 0.25) is 5.02 Å². The van der Waals surface area contributed by atoms with E-state index in [2.05, 4.69) is 21.2 Å². The molecule has 0 heterocycles. The van der Waals surface area contributed by atoms with Crippen LogP contribution in [0.3, 0.4) is 0 Å². The third kappa shape index (κ3) is 5.15. The predicted octanol–water partition coefficient (Wildman–Crippen LogP) is 4.91. The number of hydrogen-bond acceptors (Lipinski definition) is 3. The molecule has 2 aromatic rings. The highest BCUT2D eigenvalue weighted by molar-refractivity contribution is 9.10. The maximum absolute atomic E-state index is 12.2. The number of rotatable bonds is 6. The van der Waals surface area contributed by atoms with E-state index >= 15 is 0 Å². The first-order chi connectivity index (χ1) is 11.0. The molecule has 0 fully saturated rings. The molecule has 0 aliphatic rings. The van der Waals surface area contributed by atoms with Crippen LogP contribution in [0.4, 0.5) is 5.69 Å². The van der Waals surface area contributed by atoms with Crippen LogP contribution in [-0.2, 0) is 4.79 Å². The topological polar surface area (TPSA) is 47.6 Å². The summed E-state index contributed by atoms with van der Waals surface area (Å²) in [5, 5.41) is 3.40. The Balaban J connectivity index is 2.01. The molecule has 0 radical (unpaired) electrons. The molecule has 0 saturated carbocycles. The van der Waals surface area contributed by atoms with Crippen molar-refractivity contribution in [3.05, 3.63) is 52.0 Å². The highest BCUT2D eigenvalue weighted by Crippen LogP contribution is 2.29. The summed E-state index contributed by atoms with van der Waals surface area (Å²) in [6.07, 6.45) is -0.664. The van der Waals surface area contributed by atoms with Crippen molar-refractivity contribution in [1.82, 2.24) is 0 Å². The fourth-order valence-corrected chi connectivity index (χ4v) is 2.67. The predicted molar refractivity (Wildman–Crippen MR) is 95.5 cm³/mol. The Morgan fingerprint density at radius 3 is 2.78 bits per heavy atom. The van der Waals surface area contributed by atoms with Crippen molar-refractivity contribution in [3.8, 4) is 11.5 Å². The molecule has 2 rings (SSSR count). The summed E-state index contributed by atoms with van der Waals surface area (Å²) < 4.78 is 11.8. The third-order valence-electron chi connectivity index (χ3n) is 2.98. The molecule has 1 unspecified atom stereocenters. The van der Waals surface area contributed by atoms with E-state index in [1.807, 2.05) is 19.1 Å². The minimum absolute atomic E-state index is 0.250. The van der Waals surface area contributed by atoms with Crippen LogP contribution in [0.5, 0.6) is 11.5 Å². The number of amides is 1. The number of carbonyl (C=O) groups excluding carboxylic acids is 1. The standard InChI is InChI=1S/C17H17BrClNO3/c1-3-22-14-6-4-5-13(10-14)20-17(21)11(2)23-16-8-7-12(19)9-15(16)18/h4-11H,3H2,1-2H3,(H,20,21). The lowest BCUT2D eigenvalue weighted by Gasteiger charge is -2.16. The van der Waals surface area contributed by atoms with Crippen LogP contribution < -0.4 is 14.8 Å². The van der Waals surface area contributed by atoms with E-state index in [4.69, 9.17) is 21.1 Å². The van der Waals surface area contributed by atoms with Gasteiger partial charge in [-0.1, -0.05) is 17.7 Å². The summed E-state index contributed by atoms with van der Waals surface area (Å²) in [6.45, 7) is 4.16. The van der Waals surface area contributed by atoms with E-state index in [-0.39, 0.29) is 5.91 Å². The summed E-state index contributed by atoms with van der Waals surface area (Å²) in [7, 11) is 0. The maximum atomic E-state index is 12.2. The fourth-order valence-electron chi connectivity index (χ4n) is 1.89. The van der Waals surface area contributed by atoms with Crippen LogP contribution in [0, 0.1) is 0 Å². The van der Waals surface area contributed by atoms with Gasteiger partial charge in [-0.05, 0) is 60.1 Å². The molecule has 2 aromatic carbocycles. The molecule has 6 heteroatoms. The van der Waals surface area contributed by atoms with Gasteiger partial charge in [-0.3, -0.25) is 4.79 Å². The van der Waals surface area contributed by atoms with E-state index in [0.717, 1.165) is 0 Å². The second-order valence-corrected chi connectivity index (χ2v) is 6.08. The molecule has 4 nitrogen and oxygen atoms in total. The van der Waals surface area contributed by atoms with Gasteiger partial charge < -0.3 is 14.8 Å². The Hall–Kier alpha value is -1.72. The third-order valence-corrected chi connectivity index (χ3v) is 3.83. The van der Waals surface area contributed by atoms with Crippen LogP contribution in [0.15, 0.2) is 46.9 Å². The van der Waals surface area contributed by atoms with Gasteiger partial charge >= 0.3 is 0 Å². The first-order valence-electron chi connectivity index (χ1n) is 7.15. The minimum atomic E-state index is -0.664. The van der Waals surface area contributed by atoms with Crippen molar-refractivity contribution in [1.29, 1.82) is 0 Å². The molecule has 1 atom stereocenters. The molecular formula is C17H17BrClNO3. The summed E-state index contributed by atoms with van der Waals surface area (Å²) in [6, 6.07) is 12.4. The number of hydrogen-bond donors (Lipinski definition) is 1. The van der Waals surface area contributed by atoms with Crippen LogP contribution in [0.25, 0.3) is 0 Å². The van der Waals surface area contributed by atoms with Gasteiger partial charge in [-0.2, -0.15) is 0 Å². The average molecular weight is 399 g/mol. The fraction of sp³-hybridized carbons (Fsp3) is 0.235. The second kappa shape index (κ2) is 8.22. The van der Waals surface area contributed by atoms with Crippen molar-refractivity contribution >= 4 is 39.1 Å². The summed E-state index contributed by atoms with van der Waals surface area (Å²) >= 11 is 9.25. The highest BCUT2D eigenvalue weighted by atomic mass is 79.9. The molecule has 122 valence electrons. The Bertz CT molecular complexity index is 693. The van der Waals surface area contributed by atoms with E-state index in [0.29, 0.717) is 33.3 Å². The second-order valence-electron chi connectivity index (χ2n) is 4.78. The Morgan fingerprint density at radius 2 is 2.09 bits per heavy atom. The Kier molecular flexibility index (Phi) is 6.30. The van der Waals surface area contributed by atoms with E-state index in [1.165, 1.54) is 0 Å². The van der Waals surface area contributed by atoms with Gasteiger partial charge in [0.25, 0.3) is 5.91 Å². The zero-order valence-corrected chi connectivity index (χ0v) is 15.1. The minimum Gasteiger partial charge on any atom is -0.494 e. The van der Waals surface area contributed by atoms with Gasteiger partial charge in [0.05, 0.1) is 11.1 Å². The van der Waals surface area contributed by atoms with Crippen LogP contribution in [-0.4, -0.2) is 18.6 Å². The molecule has 1 N–H and O–H groups in total. The largest absolute Gasteiger partial charge is 0.494 e. The lowest BCUT2D eigenvalue weighted by Crippen LogP contribution is -2.30. The average Bonchev–Trinajstić information content (AvgIpc) is 2.50. The monoisotopic (exact) mass is 397 g/mol. The summed E-state index contributed by atoms with van der Waals surface area (Å²) in [5.74, 6) is 1.01.